The maximum absolute atomic E-state index is 13.1. The van der Waals surface area contributed by atoms with E-state index in [0.29, 0.717) is 13.2 Å². The molecule has 0 spiro atoms. The zero-order valence-electron chi connectivity index (χ0n) is 15.9. The van der Waals surface area contributed by atoms with E-state index >= 15 is 0 Å². The Bertz CT molecular complexity index is 1050. The Morgan fingerprint density at radius 3 is 2.67 bits per heavy atom. The number of hydrogen-bond donors (Lipinski definition) is 2. The molecule has 1 aromatic carbocycles. The fraction of sp³-hybridized carbons (Fsp3) is 0.333. The van der Waals surface area contributed by atoms with E-state index in [1.807, 2.05) is 0 Å². The molecule has 9 nitrogen and oxygen atoms in total. The highest BCUT2D eigenvalue weighted by atomic mass is 35.5. The second-order valence-corrected chi connectivity index (χ2v) is 8.77. The lowest BCUT2D eigenvalue weighted by Gasteiger charge is -2.25. The molecule has 1 atom stereocenters. The molecule has 2 heterocycles. The van der Waals surface area contributed by atoms with Crippen molar-refractivity contribution in [1.29, 1.82) is 0 Å². The number of halogens is 2. The van der Waals surface area contributed by atoms with Crippen LogP contribution < -0.4 is 5.32 Å². The number of rotatable bonds is 6. The summed E-state index contributed by atoms with van der Waals surface area (Å²) in [7, 11) is -3.78. The van der Waals surface area contributed by atoms with Gasteiger partial charge in [0.15, 0.2) is 6.10 Å². The van der Waals surface area contributed by atoms with Gasteiger partial charge in [0, 0.05) is 19.3 Å². The van der Waals surface area contributed by atoms with Crippen LogP contribution in [0.15, 0.2) is 35.4 Å². The summed E-state index contributed by atoms with van der Waals surface area (Å²) < 4.78 is 49.8. The minimum absolute atomic E-state index is 0.00999. The molecule has 0 aliphatic carbocycles. The molecule has 1 fully saturated rings. The molecule has 3 rings (SSSR count). The van der Waals surface area contributed by atoms with Gasteiger partial charge in [-0.1, -0.05) is 11.6 Å². The van der Waals surface area contributed by atoms with Crippen molar-refractivity contribution >= 4 is 39.2 Å². The Balaban J connectivity index is 1.63. The third kappa shape index (κ3) is 4.98. The summed E-state index contributed by atoms with van der Waals surface area (Å²) >= 11 is 5.85. The number of nitrogens with zero attached hydrogens (tertiary/aromatic N) is 1. The van der Waals surface area contributed by atoms with Crippen molar-refractivity contribution in [2.24, 2.45) is 0 Å². The van der Waals surface area contributed by atoms with Crippen LogP contribution in [-0.2, 0) is 24.3 Å². The van der Waals surface area contributed by atoms with Crippen LogP contribution in [-0.4, -0.2) is 62.0 Å². The first kappa shape index (κ1) is 22.2. The first-order valence-electron chi connectivity index (χ1n) is 8.91. The minimum atomic E-state index is -3.78. The SMILES string of the molecule is CC(OC(=O)c1cc(S(=O)(=O)N2CCOCC2)c[nH]1)C(=O)Nc1ccc(F)cc1Cl. The zero-order valence-corrected chi connectivity index (χ0v) is 17.4. The lowest BCUT2D eigenvalue weighted by atomic mass is 10.3. The van der Waals surface area contributed by atoms with Gasteiger partial charge in [0.25, 0.3) is 5.91 Å². The van der Waals surface area contributed by atoms with E-state index in [1.165, 1.54) is 23.5 Å². The third-order valence-electron chi connectivity index (χ3n) is 4.33. The maximum atomic E-state index is 13.1. The predicted octanol–water partition coefficient (Wildman–Crippen LogP) is 2.01. The summed E-state index contributed by atoms with van der Waals surface area (Å²) in [6, 6.07) is 4.57. The third-order valence-corrected chi connectivity index (χ3v) is 6.52. The van der Waals surface area contributed by atoms with Crippen LogP contribution in [0, 0.1) is 5.82 Å². The first-order chi connectivity index (χ1) is 14.2. The van der Waals surface area contributed by atoms with E-state index in [9.17, 15) is 22.4 Å². The number of nitrogens with one attached hydrogen (secondary N) is 2. The van der Waals surface area contributed by atoms with Crippen LogP contribution in [0.2, 0.25) is 5.02 Å². The van der Waals surface area contributed by atoms with Gasteiger partial charge in [-0.2, -0.15) is 4.31 Å². The van der Waals surface area contributed by atoms with Gasteiger partial charge < -0.3 is 19.8 Å². The number of benzene rings is 1. The number of sulfonamides is 1. The molecule has 0 radical (unpaired) electrons. The van der Waals surface area contributed by atoms with Crippen molar-refractivity contribution in [2.45, 2.75) is 17.9 Å². The van der Waals surface area contributed by atoms with Gasteiger partial charge in [0.2, 0.25) is 10.0 Å². The summed E-state index contributed by atoms with van der Waals surface area (Å²) in [5.41, 5.74) is 0.0334. The number of aromatic amines is 1. The number of ether oxygens (including phenoxy) is 2. The van der Waals surface area contributed by atoms with Crippen LogP contribution in [0.1, 0.15) is 17.4 Å². The van der Waals surface area contributed by atoms with Gasteiger partial charge in [-0.25, -0.2) is 17.6 Å². The van der Waals surface area contributed by atoms with Crippen molar-refractivity contribution in [3.8, 4) is 0 Å². The van der Waals surface area contributed by atoms with Crippen LogP contribution in [0.4, 0.5) is 10.1 Å². The number of hydrogen-bond acceptors (Lipinski definition) is 6. The Morgan fingerprint density at radius 2 is 2.00 bits per heavy atom. The number of amides is 1. The lowest BCUT2D eigenvalue weighted by molar-refractivity contribution is -0.123. The second-order valence-electron chi connectivity index (χ2n) is 6.43. The van der Waals surface area contributed by atoms with Gasteiger partial charge in [-0.05, 0) is 31.2 Å². The summed E-state index contributed by atoms with van der Waals surface area (Å²) in [4.78, 5) is 27.0. The minimum Gasteiger partial charge on any atom is -0.448 e. The van der Waals surface area contributed by atoms with Gasteiger partial charge in [0.1, 0.15) is 16.4 Å². The van der Waals surface area contributed by atoms with Gasteiger partial charge >= 0.3 is 5.97 Å². The van der Waals surface area contributed by atoms with Crippen LogP contribution in [0.25, 0.3) is 0 Å². The maximum Gasteiger partial charge on any atom is 0.355 e. The highest BCUT2D eigenvalue weighted by molar-refractivity contribution is 7.89. The number of anilines is 1. The Hall–Kier alpha value is -2.47. The Kier molecular flexibility index (Phi) is 6.76. The number of aromatic nitrogens is 1. The molecule has 1 unspecified atom stereocenters. The smallest absolute Gasteiger partial charge is 0.355 e. The molecule has 12 heteroatoms. The Morgan fingerprint density at radius 1 is 1.30 bits per heavy atom. The van der Waals surface area contributed by atoms with Crippen molar-refractivity contribution in [1.82, 2.24) is 9.29 Å². The van der Waals surface area contributed by atoms with Crippen LogP contribution in [0.5, 0.6) is 0 Å². The monoisotopic (exact) mass is 459 g/mol. The summed E-state index contributed by atoms with van der Waals surface area (Å²) in [6.45, 7) is 2.36. The molecule has 1 aromatic heterocycles. The molecule has 1 saturated heterocycles. The van der Waals surface area contributed by atoms with Gasteiger partial charge in [-0.3, -0.25) is 4.79 Å². The molecular formula is C18H19ClFN3O6S. The molecule has 2 N–H and O–H groups in total. The highest BCUT2D eigenvalue weighted by Gasteiger charge is 2.29. The molecule has 162 valence electrons. The molecule has 1 aliphatic heterocycles. The number of H-pyrrole nitrogens is 1. The second kappa shape index (κ2) is 9.13. The average Bonchev–Trinajstić information content (AvgIpc) is 3.22. The Labute approximate surface area is 177 Å². The van der Waals surface area contributed by atoms with E-state index in [4.69, 9.17) is 21.1 Å². The first-order valence-corrected chi connectivity index (χ1v) is 10.7. The number of esters is 1. The molecular weight excluding hydrogens is 441 g/mol. The molecule has 0 bridgehead atoms. The summed E-state index contributed by atoms with van der Waals surface area (Å²) in [5.74, 6) is -2.16. The number of morpholine rings is 1. The number of carbonyl (C=O) groups excluding carboxylic acids is 2. The fourth-order valence-electron chi connectivity index (χ4n) is 2.68. The van der Waals surface area contributed by atoms with E-state index in [2.05, 4.69) is 10.3 Å². The average molecular weight is 460 g/mol. The lowest BCUT2D eigenvalue weighted by Crippen LogP contribution is -2.40. The van der Waals surface area contributed by atoms with E-state index in [1.54, 1.807) is 0 Å². The standard InChI is InChI=1S/C18H19ClFN3O6S/c1-11(17(24)22-15-3-2-12(20)8-14(15)19)29-18(25)16-9-13(10-21-16)30(26,27)23-4-6-28-7-5-23/h2-3,8-11,21H,4-7H2,1H3,(H,22,24). The molecule has 0 saturated carbocycles. The van der Waals surface area contributed by atoms with Gasteiger partial charge in [-0.15, -0.1) is 0 Å². The summed E-state index contributed by atoms with van der Waals surface area (Å²) in [5, 5.41) is 2.42. The van der Waals surface area contributed by atoms with Gasteiger partial charge in [0.05, 0.1) is 23.9 Å². The van der Waals surface area contributed by atoms with Crippen molar-refractivity contribution < 1.29 is 31.9 Å². The fourth-order valence-corrected chi connectivity index (χ4v) is 4.30. The summed E-state index contributed by atoms with van der Waals surface area (Å²) in [6.07, 6.45) is -0.0362. The predicted molar refractivity (Wildman–Crippen MR) is 105 cm³/mol. The van der Waals surface area contributed by atoms with Crippen molar-refractivity contribution in [3.05, 3.63) is 47.0 Å². The quantitative estimate of drug-likeness (QED) is 0.638. The number of carbonyl (C=O) groups is 2. The van der Waals surface area contributed by atoms with Crippen molar-refractivity contribution in [2.75, 3.05) is 31.6 Å². The molecule has 1 amide bonds. The van der Waals surface area contributed by atoms with E-state index in [-0.39, 0.29) is 34.4 Å². The molecule has 2 aromatic rings. The largest absolute Gasteiger partial charge is 0.448 e. The van der Waals surface area contributed by atoms with Crippen LogP contribution in [0.3, 0.4) is 0 Å². The van der Waals surface area contributed by atoms with Crippen molar-refractivity contribution in [3.63, 3.8) is 0 Å². The topological polar surface area (TPSA) is 118 Å². The zero-order chi connectivity index (χ0) is 21.9. The normalized spacial score (nSPS) is 16.1. The van der Waals surface area contributed by atoms with Crippen LogP contribution >= 0.6 is 11.6 Å². The van der Waals surface area contributed by atoms with E-state index in [0.717, 1.165) is 18.2 Å². The molecule has 30 heavy (non-hydrogen) atoms. The van der Waals surface area contributed by atoms with E-state index < -0.39 is 33.8 Å². The highest BCUT2D eigenvalue weighted by Crippen LogP contribution is 2.23. The molecule has 1 aliphatic rings.